The number of rotatable bonds is 6. The highest BCUT2D eigenvalue weighted by Gasteiger charge is 2.13. The Morgan fingerprint density at radius 1 is 1.29 bits per heavy atom. The van der Waals surface area contributed by atoms with Crippen LogP contribution in [-0.2, 0) is 11.3 Å². The second kappa shape index (κ2) is 7.09. The van der Waals surface area contributed by atoms with Crippen molar-refractivity contribution in [1.82, 2.24) is 15.6 Å². The maximum atomic E-state index is 11.9. The number of carbonyl (C=O) groups is 2. The van der Waals surface area contributed by atoms with Gasteiger partial charge in [0.1, 0.15) is 11.3 Å². The van der Waals surface area contributed by atoms with Gasteiger partial charge in [0.15, 0.2) is 0 Å². The Labute approximate surface area is 121 Å². The van der Waals surface area contributed by atoms with E-state index < -0.39 is 5.91 Å². The van der Waals surface area contributed by atoms with E-state index in [2.05, 4.69) is 15.6 Å². The molecule has 0 fully saturated rings. The zero-order valence-corrected chi connectivity index (χ0v) is 11.5. The summed E-state index contributed by atoms with van der Waals surface area (Å²) < 4.78 is 10.1. The molecule has 0 radical (unpaired) electrons. The monoisotopic (exact) mass is 289 g/mol. The maximum absolute atomic E-state index is 11.9. The molecule has 0 bridgehead atoms. The molecule has 0 atom stereocenters. The van der Waals surface area contributed by atoms with E-state index in [1.165, 1.54) is 19.6 Å². The average Bonchev–Trinajstić information content (AvgIpc) is 3.04. The van der Waals surface area contributed by atoms with Crippen LogP contribution in [0.15, 0.2) is 41.1 Å². The Morgan fingerprint density at radius 2 is 2.14 bits per heavy atom. The quantitative estimate of drug-likeness (QED) is 0.817. The molecule has 0 aliphatic carbocycles. The molecule has 0 unspecified atom stereocenters. The lowest BCUT2D eigenvalue weighted by atomic mass is 10.2. The molecule has 0 spiro atoms. The van der Waals surface area contributed by atoms with Gasteiger partial charge in [-0.3, -0.25) is 9.59 Å². The lowest BCUT2D eigenvalue weighted by molar-refractivity contribution is -0.120. The number of pyridine rings is 1. The van der Waals surface area contributed by atoms with E-state index in [1.807, 2.05) is 0 Å². The highest BCUT2D eigenvalue weighted by atomic mass is 16.5. The summed E-state index contributed by atoms with van der Waals surface area (Å²) in [6, 6.07) is 6.67. The molecule has 21 heavy (non-hydrogen) atoms. The standard InChI is InChI=1S/C14H15N3O4/c1-20-14-11(5-2-6-15-14)13(19)17-9-12(18)16-8-10-4-3-7-21-10/h2-7H,8-9H2,1H3,(H,16,18)(H,17,19). The number of nitrogens with one attached hydrogen (secondary N) is 2. The van der Waals surface area contributed by atoms with Crippen molar-refractivity contribution in [3.63, 3.8) is 0 Å². The minimum Gasteiger partial charge on any atom is -0.480 e. The molecule has 0 aliphatic heterocycles. The number of hydrogen-bond donors (Lipinski definition) is 2. The molecule has 7 heteroatoms. The number of methoxy groups -OCH3 is 1. The number of carbonyl (C=O) groups excluding carboxylic acids is 2. The van der Waals surface area contributed by atoms with Crippen LogP contribution in [0.1, 0.15) is 16.1 Å². The Bertz CT molecular complexity index is 610. The van der Waals surface area contributed by atoms with Crippen LogP contribution in [0.5, 0.6) is 5.88 Å². The predicted octanol–water partition coefficient (Wildman–Crippen LogP) is 0.729. The van der Waals surface area contributed by atoms with E-state index in [0.29, 0.717) is 5.76 Å². The van der Waals surface area contributed by atoms with E-state index in [9.17, 15) is 9.59 Å². The molecular formula is C14H15N3O4. The van der Waals surface area contributed by atoms with E-state index in [0.717, 1.165) is 0 Å². The van der Waals surface area contributed by atoms with Gasteiger partial charge in [-0.2, -0.15) is 0 Å². The summed E-state index contributed by atoms with van der Waals surface area (Å²) >= 11 is 0. The number of aromatic nitrogens is 1. The smallest absolute Gasteiger partial charge is 0.257 e. The Morgan fingerprint density at radius 3 is 2.86 bits per heavy atom. The summed E-state index contributed by atoms with van der Waals surface area (Å²) in [5.74, 6) is 0.116. The molecule has 2 N–H and O–H groups in total. The largest absolute Gasteiger partial charge is 0.480 e. The number of furan rings is 1. The van der Waals surface area contributed by atoms with Crippen LogP contribution in [0, 0.1) is 0 Å². The number of nitrogens with zero attached hydrogens (tertiary/aromatic N) is 1. The van der Waals surface area contributed by atoms with Crippen LogP contribution < -0.4 is 15.4 Å². The van der Waals surface area contributed by atoms with Crippen molar-refractivity contribution in [2.75, 3.05) is 13.7 Å². The van der Waals surface area contributed by atoms with Crippen molar-refractivity contribution < 1.29 is 18.7 Å². The Kier molecular flexibility index (Phi) is 4.92. The Hall–Kier alpha value is -2.83. The van der Waals surface area contributed by atoms with Crippen LogP contribution in [0.25, 0.3) is 0 Å². The molecule has 0 aromatic carbocycles. The Balaban J connectivity index is 1.82. The zero-order valence-electron chi connectivity index (χ0n) is 11.5. The molecule has 0 saturated heterocycles. The van der Waals surface area contributed by atoms with Crippen molar-refractivity contribution >= 4 is 11.8 Å². The van der Waals surface area contributed by atoms with Crippen molar-refractivity contribution in [3.8, 4) is 5.88 Å². The molecule has 2 aromatic rings. The summed E-state index contributed by atoms with van der Waals surface area (Å²) in [5, 5.41) is 5.13. The molecule has 2 amide bonds. The highest BCUT2D eigenvalue weighted by molar-refractivity contribution is 5.98. The van der Waals surface area contributed by atoms with E-state index in [4.69, 9.17) is 9.15 Å². The fraction of sp³-hybridized carbons (Fsp3) is 0.214. The minimum atomic E-state index is -0.423. The lowest BCUT2D eigenvalue weighted by Crippen LogP contribution is -2.36. The van der Waals surface area contributed by atoms with Gasteiger partial charge >= 0.3 is 0 Å². The second-order valence-corrected chi connectivity index (χ2v) is 4.10. The van der Waals surface area contributed by atoms with Gasteiger partial charge in [-0.1, -0.05) is 0 Å². The first-order valence-electron chi connectivity index (χ1n) is 6.27. The van der Waals surface area contributed by atoms with Crippen LogP contribution in [-0.4, -0.2) is 30.5 Å². The topological polar surface area (TPSA) is 93.5 Å². The molecule has 0 aliphatic rings. The third-order valence-electron chi connectivity index (χ3n) is 2.66. The fourth-order valence-electron chi connectivity index (χ4n) is 1.64. The van der Waals surface area contributed by atoms with E-state index >= 15 is 0 Å². The maximum Gasteiger partial charge on any atom is 0.257 e. The summed E-state index contributed by atoms with van der Waals surface area (Å²) in [7, 11) is 1.43. The van der Waals surface area contributed by atoms with Gasteiger partial charge in [0, 0.05) is 6.20 Å². The van der Waals surface area contributed by atoms with Crippen LogP contribution in [0.2, 0.25) is 0 Å². The van der Waals surface area contributed by atoms with Gasteiger partial charge in [-0.15, -0.1) is 0 Å². The summed E-state index contributed by atoms with van der Waals surface area (Å²) in [6.45, 7) is 0.134. The van der Waals surface area contributed by atoms with Crippen molar-refractivity contribution in [3.05, 3.63) is 48.0 Å². The molecule has 0 saturated carbocycles. The molecule has 2 rings (SSSR count). The molecular weight excluding hydrogens is 274 g/mol. The van der Waals surface area contributed by atoms with Gasteiger partial charge in [0.05, 0.1) is 26.5 Å². The van der Waals surface area contributed by atoms with Gasteiger partial charge < -0.3 is 19.8 Å². The van der Waals surface area contributed by atoms with Gasteiger partial charge in [-0.25, -0.2) is 4.98 Å². The van der Waals surface area contributed by atoms with Crippen molar-refractivity contribution in [1.29, 1.82) is 0 Å². The van der Waals surface area contributed by atoms with Gasteiger partial charge in [0.25, 0.3) is 5.91 Å². The lowest BCUT2D eigenvalue weighted by Gasteiger charge is -2.08. The SMILES string of the molecule is COc1ncccc1C(=O)NCC(=O)NCc1ccco1. The summed E-state index contributed by atoms with van der Waals surface area (Å²) in [6.07, 6.45) is 3.05. The first kappa shape index (κ1) is 14.6. The fourth-order valence-corrected chi connectivity index (χ4v) is 1.64. The zero-order chi connectivity index (χ0) is 15.1. The van der Waals surface area contributed by atoms with Crippen LogP contribution in [0.3, 0.4) is 0 Å². The van der Waals surface area contributed by atoms with Crippen LogP contribution >= 0.6 is 0 Å². The number of ether oxygens (including phenoxy) is 1. The minimum absolute atomic E-state index is 0.141. The molecule has 7 nitrogen and oxygen atoms in total. The first-order chi connectivity index (χ1) is 10.2. The predicted molar refractivity (Wildman–Crippen MR) is 73.7 cm³/mol. The number of hydrogen-bond acceptors (Lipinski definition) is 5. The first-order valence-corrected chi connectivity index (χ1v) is 6.27. The third-order valence-corrected chi connectivity index (χ3v) is 2.66. The van der Waals surface area contributed by atoms with Crippen molar-refractivity contribution in [2.24, 2.45) is 0 Å². The molecule has 2 aromatic heterocycles. The summed E-state index contributed by atoms with van der Waals surface area (Å²) in [5.41, 5.74) is 0.277. The van der Waals surface area contributed by atoms with Crippen molar-refractivity contribution in [2.45, 2.75) is 6.54 Å². The third kappa shape index (κ3) is 4.07. The van der Waals surface area contributed by atoms with Gasteiger partial charge in [-0.05, 0) is 24.3 Å². The highest BCUT2D eigenvalue weighted by Crippen LogP contribution is 2.12. The van der Waals surface area contributed by atoms with Crippen LogP contribution in [0.4, 0.5) is 0 Å². The van der Waals surface area contributed by atoms with E-state index in [1.54, 1.807) is 24.3 Å². The summed E-state index contributed by atoms with van der Waals surface area (Å²) in [4.78, 5) is 27.5. The van der Waals surface area contributed by atoms with Gasteiger partial charge in [0.2, 0.25) is 11.8 Å². The normalized spacial score (nSPS) is 9.95. The molecule has 2 heterocycles. The van der Waals surface area contributed by atoms with E-state index in [-0.39, 0.29) is 30.4 Å². The average molecular weight is 289 g/mol. The number of amides is 2. The molecule has 110 valence electrons. The second-order valence-electron chi connectivity index (χ2n) is 4.10.